The number of hydrogen-bond donors (Lipinski definition) is 2. The molecule has 2 aromatic rings. The SMILES string of the molecule is O=C(COc1cccc(Cl)c1Cl)N/N=C/c1ccc(O)cc1. The van der Waals surface area contributed by atoms with E-state index in [0.29, 0.717) is 10.8 Å². The number of halogens is 2. The van der Waals surface area contributed by atoms with Gasteiger partial charge >= 0.3 is 0 Å². The predicted molar refractivity (Wildman–Crippen MR) is 85.8 cm³/mol. The van der Waals surface area contributed by atoms with Crippen molar-refractivity contribution < 1.29 is 14.6 Å². The van der Waals surface area contributed by atoms with Crippen LogP contribution in [0.5, 0.6) is 11.5 Å². The van der Waals surface area contributed by atoms with Gasteiger partial charge in [0.15, 0.2) is 6.61 Å². The van der Waals surface area contributed by atoms with Crippen LogP contribution in [-0.4, -0.2) is 23.8 Å². The molecule has 22 heavy (non-hydrogen) atoms. The Morgan fingerprint density at radius 2 is 1.95 bits per heavy atom. The van der Waals surface area contributed by atoms with Crippen molar-refractivity contribution in [3.05, 3.63) is 58.1 Å². The topological polar surface area (TPSA) is 70.9 Å². The van der Waals surface area contributed by atoms with Gasteiger partial charge in [-0.15, -0.1) is 0 Å². The van der Waals surface area contributed by atoms with Crippen LogP contribution in [0.25, 0.3) is 0 Å². The van der Waals surface area contributed by atoms with E-state index < -0.39 is 5.91 Å². The van der Waals surface area contributed by atoms with Crippen LogP contribution in [0, 0.1) is 0 Å². The molecule has 2 aromatic carbocycles. The summed E-state index contributed by atoms with van der Waals surface area (Å²) < 4.78 is 5.26. The van der Waals surface area contributed by atoms with Gasteiger partial charge in [-0.05, 0) is 42.0 Å². The van der Waals surface area contributed by atoms with E-state index in [4.69, 9.17) is 33.0 Å². The molecule has 0 unspecified atom stereocenters. The summed E-state index contributed by atoms with van der Waals surface area (Å²) in [4.78, 5) is 11.6. The van der Waals surface area contributed by atoms with Crippen molar-refractivity contribution in [1.82, 2.24) is 5.43 Å². The number of phenols is 1. The normalized spacial score (nSPS) is 10.6. The summed E-state index contributed by atoms with van der Waals surface area (Å²) in [6.07, 6.45) is 1.45. The fourth-order valence-electron chi connectivity index (χ4n) is 1.51. The lowest BCUT2D eigenvalue weighted by Gasteiger charge is -2.07. The molecule has 5 nitrogen and oxygen atoms in total. The Morgan fingerprint density at radius 3 is 2.68 bits per heavy atom. The molecule has 2 N–H and O–H groups in total. The first-order chi connectivity index (χ1) is 10.6. The van der Waals surface area contributed by atoms with Gasteiger partial charge in [0, 0.05) is 0 Å². The van der Waals surface area contributed by atoms with Gasteiger partial charge in [-0.3, -0.25) is 4.79 Å². The zero-order valence-corrected chi connectivity index (χ0v) is 12.8. The lowest BCUT2D eigenvalue weighted by Crippen LogP contribution is -2.24. The molecule has 0 aromatic heterocycles. The Bertz CT molecular complexity index is 688. The molecule has 0 saturated carbocycles. The van der Waals surface area contributed by atoms with Crippen LogP contribution in [0.1, 0.15) is 5.56 Å². The fraction of sp³-hybridized carbons (Fsp3) is 0.0667. The zero-order valence-electron chi connectivity index (χ0n) is 11.3. The minimum Gasteiger partial charge on any atom is -0.508 e. The van der Waals surface area contributed by atoms with Crippen LogP contribution in [-0.2, 0) is 4.79 Å². The maximum Gasteiger partial charge on any atom is 0.277 e. The summed E-state index contributed by atoms with van der Waals surface area (Å²) >= 11 is 11.8. The van der Waals surface area contributed by atoms with Gasteiger partial charge in [0.1, 0.15) is 16.5 Å². The molecular formula is C15H12Cl2N2O3. The number of carbonyl (C=O) groups excluding carboxylic acids is 1. The molecule has 0 aliphatic carbocycles. The number of nitrogens with one attached hydrogen (secondary N) is 1. The average Bonchev–Trinajstić information content (AvgIpc) is 2.51. The van der Waals surface area contributed by atoms with E-state index in [1.54, 1.807) is 30.3 Å². The molecular weight excluding hydrogens is 327 g/mol. The second kappa shape index (κ2) is 7.68. The van der Waals surface area contributed by atoms with Crippen molar-refractivity contribution in [1.29, 1.82) is 0 Å². The van der Waals surface area contributed by atoms with Gasteiger partial charge in [-0.1, -0.05) is 29.3 Å². The smallest absolute Gasteiger partial charge is 0.277 e. The van der Waals surface area contributed by atoms with E-state index in [2.05, 4.69) is 10.5 Å². The molecule has 0 bridgehead atoms. The highest BCUT2D eigenvalue weighted by molar-refractivity contribution is 6.42. The first-order valence-corrected chi connectivity index (χ1v) is 6.99. The Kier molecular flexibility index (Phi) is 5.63. The Labute approximate surface area is 137 Å². The fourth-order valence-corrected chi connectivity index (χ4v) is 1.86. The van der Waals surface area contributed by atoms with Crippen LogP contribution in [0.15, 0.2) is 47.6 Å². The van der Waals surface area contributed by atoms with Crippen LogP contribution in [0.4, 0.5) is 0 Å². The standard InChI is InChI=1S/C15H12Cl2N2O3/c16-12-2-1-3-13(15(12)17)22-9-14(21)19-18-8-10-4-6-11(20)7-5-10/h1-8,20H,9H2,(H,19,21)/b18-8+. The molecule has 0 aliphatic rings. The van der Waals surface area contributed by atoms with E-state index in [1.807, 2.05) is 0 Å². The number of hydrazone groups is 1. The largest absolute Gasteiger partial charge is 0.508 e. The number of phenolic OH excluding ortho intramolecular Hbond substituents is 1. The molecule has 0 saturated heterocycles. The third kappa shape index (κ3) is 4.65. The number of amides is 1. The van der Waals surface area contributed by atoms with Gasteiger partial charge in [-0.2, -0.15) is 5.10 Å². The molecule has 0 aliphatic heterocycles. The van der Waals surface area contributed by atoms with Crippen LogP contribution >= 0.6 is 23.2 Å². The monoisotopic (exact) mass is 338 g/mol. The second-order valence-corrected chi connectivity index (χ2v) is 5.01. The highest BCUT2D eigenvalue weighted by atomic mass is 35.5. The van der Waals surface area contributed by atoms with Crippen molar-refractivity contribution in [3.63, 3.8) is 0 Å². The van der Waals surface area contributed by atoms with Gasteiger partial charge in [0.25, 0.3) is 5.91 Å². The summed E-state index contributed by atoms with van der Waals surface area (Å²) in [5, 5.41) is 13.5. The summed E-state index contributed by atoms with van der Waals surface area (Å²) in [6.45, 7) is -0.243. The Balaban J connectivity index is 1.83. The van der Waals surface area contributed by atoms with Gasteiger partial charge in [-0.25, -0.2) is 5.43 Å². The number of carbonyl (C=O) groups is 1. The molecule has 2 rings (SSSR count). The number of benzene rings is 2. The van der Waals surface area contributed by atoms with E-state index in [-0.39, 0.29) is 17.4 Å². The molecule has 0 fully saturated rings. The van der Waals surface area contributed by atoms with Gasteiger partial charge in [0.2, 0.25) is 0 Å². The third-order valence-corrected chi connectivity index (χ3v) is 3.37. The number of aromatic hydroxyl groups is 1. The first kappa shape index (κ1) is 16.1. The van der Waals surface area contributed by atoms with E-state index in [9.17, 15) is 4.79 Å². The predicted octanol–water partition coefficient (Wildman–Crippen LogP) is 3.23. The average molecular weight is 339 g/mol. The summed E-state index contributed by atoms with van der Waals surface area (Å²) in [7, 11) is 0. The Hall–Kier alpha value is -2.24. The minimum atomic E-state index is -0.439. The zero-order chi connectivity index (χ0) is 15.9. The van der Waals surface area contributed by atoms with Crippen molar-refractivity contribution >= 4 is 35.3 Å². The molecule has 114 valence electrons. The van der Waals surface area contributed by atoms with Crippen molar-refractivity contribution in [2.24, 2.45) is 5.10 Å². The molecule has 0 radical (unpaired) electrons. The highest BCUT2D eigenvalue weighted by Crippen LogP contribution is 2.31. The minimum absolute atomic E-state index is 0.160. The molecule has 7 heteroatoms. The van der Waals surface area contributed by atoms with E-state index in [1.165, 1.54) is 18.3 Å². The van der Waals surface area contributed by atoms with Crippen LogP contribution in [0.2, 0.25) is 10.0 Å². The number of ether oxygens (including phenoxy) is 1. The maximum absolute atomic E-state index is 11.6. The first-order valence-electron chi connectivity index (χ1n) is 6.24. The highest BCUT2D eigenvalue weighted by Gasteiger charge is 2.07. The van der Waals surface area contributed by atoms with E-state index in [0.717, 1.165) is 5.56 Å². The molecule has 0 atom stereocenters. The van der Waals surface area contributed by atoms with Crippen molar-refractivity contribution in [2.75, 3.05) is 6.61 Å². The van der Waals surface area contributed by atoms with E-state index >= 15 is 0 Å². The molecule has 0 heterocycles. The molecule has 0 spiro atoms. The van der Waals surface area contributed by atoms with Crippen molar-refractivity contribution in [3.8, 4) is 11.5 Å². The number of nitrogens with zero attached hydrogens (tertiary/aromatic N) is 1. The third-order valence-electron chi connectivity index (χ3n) is 2.57. The maximum atomic E-state index is 11.6. The summed E-state index contributed by atoms with van der Waals surface area (Å²) in [5.74, 6) is 0.0471. The summed E-state index contributed by atoms with van der Waals surface area (Å²) in [6, 6.07) is 11.3. The van der Waals surface area contributed by atoms with Crippen molar-refractivity contribution in [2.45, 2.75) is 0 Å². The second-order valence-electron chi connectivity index (χ2n) is 4.23. The van der Waals surface area contributed by atoms with Crippen LogP contribution < -0.4 is 10.2 Å². The Morgan fingerprint density at radius 1 is 1.23 bits per heavy atom. The molecule has 1 amide bonds. The van der Waals surface area contributed by atoms with Gasteiger partial charge in [0.05, 0.1) is 11.2 Å². The summed E-state index contributed by atoms with van der Waals surface area (Å²) in [5.41, 5.74) is 3.05. The number of rotatable bonds is 5. The lowest BCUT2D eigenvalue weighted by atomic mass is 10.2. The quantitative estimate of drug-likeness (QED) is 0.649. The van der Waals surface area contributed by atoms with Gasteiger partial charge < -0.3 is 9.84 Å². The number of hydrogen-bond acceptors (Lipinski definition) is 4. The van der Waals surface area contributed by atoms with Crippen LogP contribution in [0.3, 0.4) is 0 Å². The lowest BCUT2D eigenvalue weighted by molar-refractivity contribution is -0.123.